The standard InChI is InChI=1S/C26H25F3N4O4S/c1-4-38(36,37)17-7-5-16(6-8-17)14-22(34)33-21-10-9-18-19(31-21)11-12-25(3,23(18)35)20-13-15(2)30-24(32-20)26(27,28)29/h5-10,13H,4,11-12,14H2,1-3H3,(H,31,33,34). The molecule has 2 aromatic heterocycles. The number of carbonyl (C=O) groups excluding carboxylic acids is 2. The molecule has 1 aromatic carbocycles. The second-order valence-electron chi connectivity index (χ2n) is 9.34. The number of pyridine rings is 1. The summed E-state index contributed by atoms with van der Waals surface area (Å²) in [5.41, 5.74) is 0.128. The summed E-state index contributed by atoms with van der Waals surface area (Å²) >= 11 is 0. The van der Waals surface area contributed by atoms with Crippen LogP contribution in [0.3, 0.4) is 0 Å². The molecule has 1 atom stereocenters. The second-order valence-corrected chi connectivity index (χ2v) is 11.6. The quantitative estimate of drug-likeness (QED) is 0.491. The van der Waals surface area contributed by atoms with Crippen molar-refractivity contribution in [3.05, 3.63) is 76.5 Å². The van der Waals surface area contributed by atoms with E-state index < -0.39 is 33.0 Å². The van der Waals surface area contributed by atoms with Gasteiger partial charge in [-0.15, -0.1) is 0 Å². The molecule has 1 aliphatic carbocycles. The van der Waals surface area contributed by atoms with Crippen LogP contribution in [0.25, 0.3) is 0 Å². The molecule has 1 N–H and O–H groups in total. The molecule has 0 spiro atoms. The molecule has 0 aliphatic heterocycles. The molecule has 3 aromatic rings. The van der Waals surface area contributed by atoms with Crippen LogP contribution in [0.1, 0.15) is 59.1 Å². The van der Waals surface area contributed by atoms with E-state index >= 15 is 0 Å². The van der Waals surface area contributed by atoms with Gasteiger partial charge in [0.2, 0.25) is 11.7 Å². The van der Waals surface area contributed by atoms with Crippen molar-refractivity contribution in [1.29, 1.82) is 0 Å². The number of nitrogens with one attached hydrogen (secondary N) is 1. The number of carbonyl (C=O) groups is 2. The van der Waals surface area contributed by atoms with E-state index in [4.69, 9.17) is 0 Å². The first kappa shape index (κ1) is 27.4. The molecular weight excluding hydrogens is 521 g/mol. The Hall–Kier alpha value is -3.67. The number of ketones is 1. The van der Waals surface area contributed by atoms with Gasteiger partial charge >= 0.3 is 6.18 Å². The maximum atomic E-state index is 13.4. The number of nitrogens with zero attached hydrogens (tertiary/aromatic N) is 3. The number of rotatable bonds is 6. The lowest BCUT2D eigenvalue weighted by Crippen LogP contribution is -2.39. The van der Waals surface area contributed by atoms with Gasteiger partial charge in [0, 0.05) is 11.3 Å². The Labute approximate surface area is 217 Å². The summed E-state index contributed by atoms with van der Waals surface area (Å²) in [5.74, 6) is -1.87. The van der Waals surface area contributed by atoms with Gasteiger partial charge in [0.15, 0.2) is 15.6 Å². The van der Waals surface area contributed by atoms with Crippen molar-refractivity contribution >= 4 is 27.3 Å². The van der Waals surface area contributed by atoms with Crippen LogP contribution in [0.15, 0.2) is 47.4 Å². The SMILES string of the molecule is CCS(=O)(=O)c1ccc(CC(=O)Nc2ccc3c(n2)CCC(C)(c2cc(C)nc(C(F)(F)F)n2)C3=O)cc1. The van der Waals surface area contributed by atoms with Crippen LogP contribution in [-0.4, -0.2) is 40.8 Å². The minimum Gasteiger partial charge on any atom is -0.310 e. The summed E-state index contributed by atoms with van der Waals surface area (Å²) in [6, 6.07) is 10.4. The predicted molar refractivity (Wildman–Crippen MR) is 133 cm³/mol. The zero-order valence-electron chi connectivity index (χ0n) is 20.9. The zero-order chi connectivity index (χ0) is 27.9. The van der Waals surface area contributed by atoms with Crippen LogP contribution in [0, 0.1) is 6.92 Å². The van der Waals surface area contributed by atoms with E-state index in [1.807, 2.05) is 0 Å². The summed E-state index contributed by atoms with van der Waals surface area (Å²) in [4.78, 5) is 37.7. The summed E-state index contributed by atoms with van der Waals surface area (Å²) < 4.78 is 63.7. The lowest BCUT2D eigenvalue weighted by Gasteiger charge is -2.32. The van der Waals surface area contributed by atoms with Crippen molar-refractivity contribution in [3.63, 3.8) is 0 Å². The number of anilines is 1. The Balaban J connectivity index is 1.50. The summed E-state index contributed by atoms with van der Waals surface area (Å²) in [6.07, 6.45) is -4.28. The lowest BCUT2D eigenvalue weighted by molar-refractivity contribution is -0.145. The number of halogens is 3. The van der Waals surface area contributed by atoms with Crippen molar-refractivity contribution in [2.45, 2.75) is 56.5 Å². The number of hydrogen-bond acceptors (Lipinski definition) is 7. The molecule has 12 heteroatoms. The molecule has 1 amide bonds. The van der Waals surface area contributed by atoms with Crippen LogP contribution < -0.4 is 5.32 Å². The van der Waals surface area contributed by atoms with Gasteiger partial charge in [-0.2, -0.15) is 13.2 Å². The highest BCUT2D eigenvalue weighted by Crippen LogP contribution is 2.38. The molecule has 200 valence electrons. The largest absolute Gasteiger partial charge is 0.451 e. The van der Waals surface area contributed by atoms with Gasteiger partial charge in [0.25, 0.3) is 0 Å². The number of alkyl halides is 3. The highest BCUT2D eigenvalue weighted by atomic mass is 32.2. The Morgan fingerprint density at radius 2 is 1.76 bits per heavy atom. The first-order valence-electron chi connectivity index (χ1n) is 11.8. The molecule has 38 heavy (non-hydrogen) atoms. The number of Topliss-reactive ketones (excluding diaryl/α,β-unsaturated/α-hetero) is 1. The Bertz CT molecular complexity index is 1520. The van der Waals surface area contributed by atoms with Crippen molar-refractivity contribution in [1.82, 2.24) is 15.0 Å². The number of benzene rings is 1. The first-order chi connectivity index (χ1) is 17.7. The van der Waals surface area contributed by atoms with Gasteiger partial charge in [-0.3, -0.25) is 9.59 Å². The maximum Gasteiger partial charge on any atom is 0.451 e. The van der Waals surface area contributed by atoms with E-state index in [1.165, 1.54) is 37.3 Å². The van der Waals surface area contributed by atoms with Crippen LogP contribution in [0.5, 0.6) is 0 Å². The predicted octanol–water partition coefficient (Wildman–Crippen LogP) is 4.26. The number of fused-ring (bicyclic) bond motifs is 1. The first-order valence-corrected chi connectivity index (χ1v) is 13.5. The van der Waals surface area contributed by atoms with Crippen LogP contribution in [-0.2, 0) is 39.1 Å². The van der Waals surface area contributed by atoms with Gasteiger partial charge in [-0.05, 0) is 62.6 Å². The molecular formula is C26H25F3N4O4S. The lowest BCUT2D eigenvalue weighted by atomic mass is 9.71. The van der Waals surface area contributed by atoms with Gasteiger partial charge in [0.05, 0.1) is 33.9 Å². The highest BCUT2D eigenvalue weighted by Gasteiger charge is 2.44. The van der Waals surface area contributed by atoms with Crippen molar-refractivity contribution in [2.75, 3.05) is 11.1 Å². The van der Waals surface area contributed by atoms with Gasteiger partial charge in [-0.1, -0.05) is 19.1 Å². The molecule has 0 saturated heterocycles. The fourth-order valence-corrected chi connectivity index (χ4v) is 5.21. The number of amides is 1. The molecule has 0 radical (unpaired) electrons. The average Bonchev–Trinajstić information content (AvgIpc) is 2.86. The third kappa shape index (κ3) is 5.45. The van der Waals surface area contributed by atoms with Crippen LogP contribution in [0.2, 0.25) is 0 Å². The Morgan fingerprint density at radius 1 is 1.08 bits per heavy atom. The molecule has 1 unspecified atom stereocenters. The smallest absolute Gasteiger partial charge is 0.310 e. The molecule has 1 aliphatic rings. The van der Waals surface area contributed by atoms with E-state index in [0.717, 1.165) is 0 Å². The second kappa shape index (κ2) is 9.90. The number of sulfone groups is 1. The van der Waals surface area contributed by atoms with Gasteiger partial charge in [0.1, 0.15) is 5.82 Å². The minimum absolute atomic E-state index is 0.00288. The van der Waals surface area contributed by atoms with Crippen molar-refractivity contribution in [2.24, 2.45) is 0 Å². The zero-order valence-corrected chi connectivity index (χ0v) is 21.7. The summed E-state index contributed by atoms with van der Waals surface area (Å²) in [5, 5.41) is 2.67. The van der Waals surface area contributed by atoms with E-state index in [-0.39, 0.29) is 52.2 Å². The van der Waals surface area contributed by atoms with Gasteiger partial charge in [-0.25, -0.2) is 23.4 Å². The van der Waals surface area contributed by atoms with E-state index in [9.17, 15) is 31.2 Å². The fraction of sp³-hybridized carbons (Fsp3) is 0.346. The van der Waals surface area contributed by atoms with E-state index in [2.05, 4.69) is 20.3 Å². The Morgan fingerprint density at radius 3 is 2.39 bits per heavy atom. The van der Waals surface area contributed by atoms with E-state index in [0.29, 0.717) is 17.7 Å². The molecule has 0 fully saturated rings. The molecule has 0 bridgehead atoms. The topological polar surface area (TPSA) is 119 Å². The maximum absolute atomic E-state index is 13.4. The summed E-state index contributed by atoms with van der Waals surface area (Å²) in [6.45, 7) is 4.53. The monoisotopic (exact) mass is 546 g/mol. The highest BCUT2D eigenvalue weighted by molar-refractivity contribution is 7.91. The molecule has 8 nitrogen and oxygen atoms in total. The minimum atomic E-state index is -4.74. The van der Waals surface area contributed by atoms with Crippen molar-refractivity contribution < 1.29 is 31.2 Å². The van der Waals surface area contributed by atoms with E-state index in [1.54, 1.807) is 26.0 Å². The third-order valence-electron chi connectivity index (χ3n) is 6.55. The summed E-state index contributed by atoms with van der Waals surface area (Å²) in [7, 11) is -3.34. The van der Waals surface area contributed by atoms with Gasteiger partial charge < -0.3 is 5.32 Å². The number of aryl methyl sites for hydroxylation is 2. The van der Waals surface area contributed by atoms with Crippen LogP contribution >= 0.6 is 0 Å². The third-order valence-corrected chi connectivity index (χ3v) is 8.30. The molecule has 2 heterocycles. The van der Waals surface area contributed by atoms with Crippen molar-refractivity contribution in [3.8, 4) is 0 Å². The molecule has 4 rings (SSSR count). The number of hydrogen-bond donors (Lipinski definition) is 1. The number of aromatic nitrogens is 3. The molecule has 0 saturated carbocycles. The van der Waals surface area contributed by atoms with Crippen LogP contribution in [0.4, 0.5) is 19.0 Å². The fourth-order valence-electron chi connectivity index (χ4n) is 4.32. The normalized spacial score (nSPS) is 17.7. The Kier molecular flexibility index (Phi) is 7.13. The average molecular weight is 547 g/mol.